The maximum Gasteiger partial charge on any atom is 0.181 e. The highest BCUT2D eigenvalue weighted by molar-refractivity contribution is 6.06. The van der Waals surface area contributed by atoms with Gasteiger partial charge in [0.15, 0.2) is 5.78 Å². The molecule has 0 aromatic heterocycles. The monoisotopic (exact) mass is 242 g/mol. The van der Waals surface area contributed by atoms with Gasteiger partial charge in [0.1, 0.15) is 5.75 Å². The number of methoxy groups -OCH3 is 1. The lowest BCUT2D eigenvalue weighted by molar-refractivity contribution is -0.111. The van der Waals surface area contributed by atoms with E-state index in [1.54, 1.807) is 13.2 Å². The molecule has 1 aliphatic rings. The third-order valence-electron chi connectivity index (χ3n) is 3.15. The Balaban J connectivity index is 2.01. The van der Waals surface area contributed by atoms with E-state index >= 15 is 0 Å². The maximum absolute atomic E-state index is 11.9. The zero-order chi connectivity index (χ0) is 12.8. The summed E-state index contributed by atoms with van der Waals surface area (Å²) >= 11 is 0. The van der Waals surface area contributed by atoms with Crippen LogP contribution in [0.1, 0.15) is 31.2 Å². The van der Waals surface area contributed by atoms with Crippen LogP contribution >= 0.6 is 0 Å². The van der Waals surface area contributed by atoms with Crippen LogP contribution in [0.3, 0.4) is 0 Å². The Labute approximate surface area is 108 Å². The molecular formula is C16H18O2. The molecule has 0 N–H and O–H groups in total. The molecule has 0 atom stereocenters. The van der Waals surface area contributed by atoms with Crippen LogP contribution in [0.25, 0.3) is 6.08 Å². The summed E-state index contributed by atoms with van der Waals surface area (Å²) in [7, 11) is 1.64. The normalized spacial score (nSPS) is 15.5. The fourth-order valence-electron chi connectivity index (χ4n) is 2.06. The van der Waals surface area contributed by atoms with E-state index in [1.807, 2.05) is 30.3 Å². The first-order valence-corrected chi connectivity index (χ1v) is 6.35. The zero-order valence-electron chi connectivity index (χ0n) is 10.7. The lowest BCUT2D eigenvalue weighted by Crippen LogP contribution is -2.02. The molecule has 0 spiro atoms. The zero-order valence-corrected chi connectivity index (χ0v) is 10.7. The van der Waals surface area contributed by atoms with Crippen LogP contribution < -0.4 is 4.74 Å². The number of ketones is 1. The summed E-state index contributed by atoms with van der Waals surface area (Å²) in [5.74, 6) is 0.971. The van der Waals surface area contributed by atoms with Crippen molar-refractivity contribution in [1.82, 2.24) is 0 Å². The van der Waals surface area contributed by atoms with Gasteiger partial charge >= 0.3 is 0 Å². The Kier molecular flexibility index (Phi) is 4.35. The average Bonchev–Trinajstić information content (AvgIpc) is 2.46. The van der Waals surface area contributed by atoms with Gasteiger partial charge in [0.2, 0.25) is 0 Å². The highest BCUT2D eigenvalue weighted by atomic mass is 16.5. The molecule has 94 valence electrons. The average molecular weight is 242 g/mol. The lowest BCUT2D eigenvalue weighted by Gasteiger charge is -2.08. The van der Waals surface area contributed by atoms with E-state index in [0.717, 1.165) is 36.1 Å². The molecule has 1 aromatic rings. The second kappa shape index (κ2) is 6.20. The van der Waals surface area contributed by atoms with Crippen molar-refractivity contribution in [2.45, 2.75) is 25.7 Å². The molecule has 0 fully saturated rings. The van der Waals surface area contributed by atoms with Gasteiger partial charge in [0.05, 0.1) is 7.11 Å². The van der Waals surface area contributed by atoms with Gasteiger partial charge in [-0.3, -0.25) is 4.79 Å². The highest BCUT2D eigenvalue weighted by Gasteiger charge is 2.08. The fraction of sp³-hybridized carbons (Fsp3) is 0.312. The molecule has 0 radical (unpaired) electrons. The van der Waals surface area contributed by atoms with Crippen LogP contribution in [-0.4, -0.2) is 12.9 Å². The van der Waals surface area contributed by atoms with Gasteiger partial charge in [-0.2, -0.15) is 0 Å². The van der Waals surface area contributed by atoms with E-state index in [9.17, 15) is 4.79 Å². The van der Waals surface area contributed by atoms with E-state index in [4.69, 9.17) is 4.74 Å². The molecule has 0 heterocycles. The minimum absolute atomic E-state index is 0.144. The molecule has 0 aliphatic heterocycles. The van der Waals surface area contributed by atoms with Crippen LogP contribution in [0.5, 0.6) is 5.75 Å². The molecule has 0 unspecified atom stereocenters. The van der Waals surface area contributed by atoms with Crippen LogP contribution in [0, 0.1) is 0 Å². The minimum atomic E-state index is 0.144. The summed E-state index contributed by atoms with van der Waals surface area (Å²) in [6, 6.07) is 7.67. The Morgan fingerprint density at radius 3 is 2.61 bits per heavy atom. The van der Waals surface area contributed by atoms with Crippen molar-refractivity contribution in [3.63, 3.8) is 0 Å². The van der Waals surface area contributed by atoms with E-state index in [2.05, 4.69) is 6.08 Å². The number of rotatable bonds is 4. The molecule has 1 aliphatic carbocycles. The third kappa shape index (κ3) is 3.33. The fourth-order valence-corrected chi connectivity index (χ4v) is 2.06. The van der Waals surface area contributed by atoms with E-state index < -0.39 is 0 Å². The molecule has 0 saturated carbocycles. The van der Waals surface area contributed by atoms with E-state index in [1.165, 1.54) is 6.42 Å². The van der Waals surface area contributed by atoms with Crippen molar-refractivity contribution < 1.29 is 9.53 Å². The quantitative estimate of drug-likeness (QED) is 0.751. The molecule has 2 nitrogen and oxygen atoms in total. The van der Waals surface area contributed by atoms with Gasteiger partial charge < -0.3 is 4.74 Å². The van der Waals surface area contributed by atoms with Crippen LogP contribution in [0.2, 0.25) is 0 Å². The molecule has 18 heavy (non-hydrogen) atoms. The smallest absolute Gasteiger partial charge is 0.181 e. The van der Waals surface area contributed by atoms with Crippen molar-refractivity contribution >= 4 is 11.9 Å². The third-order valence-corrected chi connectivity index (χ3v) is 3.15. The van der Waals surface area contributed by atoms with Gasteiger partial charge in [0.25, 0.3) is 0 Å². The minimum Gasteiger partial charge on any atom is -0.497 e. The standard InChI is InChI=1S/C16H18O2/c1-18-15-10-7-13(8-11-15)9-12-16(17)14-5-3-2-4-6-14/h5,7-12H,2-4,6H2,1H3/b12-9+. The van der Waals surface area contributed by atoms with Crippen LogP contribution in [0.4, 0.5) is 0 Å². The predicted molar refractivity (Wildman–Crippen MR) is 73.6 cm³/mol. The first kappa shape index (κ1) is 12.6. The topological polar surface area (TPSA) is 26.3 Å². The summed E-state index contributed by atoms with van der Waals surface area (Å²) < 4.78 is 5.09. The summed E-state index contributed by atoms with van der Waals surface area (Å²) in [5, 5.41) is 0. The summed E-state index contributed by atoms with van der Waals surface area (Å²) in [6.07, 6.45) is 9.90. The Bertz CT molecular complexity index is 466. The van der Waals surface area contributed by atoms with Crippen molar-refractivity contribution in [3.8, 4) is 5.75 Å². The Hall–Kier alpha value is -1.83. The Morgan fingerprint density at radius 2 is 2.00 bits per heavy atom. The number of ether oxygens (including phenoxy) is 1. The number of benzene rings is 1. The maximum atomic E-state index is 11.9. The van der Waals surface area contributed by atoms with Crippen LogP contribution in [0.15, 0.2) is 42.0 Å². The van der Waals surface area contributed by atoms with Crippen molar-refractivity contribution in [1.29, 1.82) is 0 Å². The van der Waals surface area contributed by atoms with E-state index in [-0.39, 0.29) is 5.78 Å². The van der Waals surface area contributed by atoms with Crippen molar-refractivity contribution in [2.24, 2.45) is 0 Å². The molecule has 0 bridgehead atoms. The van der Waals surface area contributed by atoms with Gasteiger partial charge in [-0.1, -0.05) is 24.3 Å². The van der Waals surface area contributed by atoms with Crippen molar-refractivity contribution in [2.75, 3.05) is 7.11 Å². The first-order valence-electron chi connectivity index (χ1n) is 6.35. The molecule has 0 amide bonds. The van der Waals surface area contributed by atoms with Gasteiger partial charge in [0, 0.05) is 0 Å². The number of carbonyl (C=O) groups excluding carboxylic acids is 1. The number of hydrogen-bond donors (Lipinski definition) is 0. The van der Waals surface area contributed by atoms with E-state index in [0.29, 0.717) is 0 Å². The second-order valence-corrected chi connectivity index (χ2v) is 4.45. The van der Waals surface area contributed by atoms with Gasteiger partial charge in [-0.25, -0.2) is 0 Å². The molecule has 2 rings (SSSR count). The number of hydrogen-bond acceptors (Lipinski definition) is 2. The molecule has 0 saturated heterocycles. The summed E-state index contributed by atoms with van der Waals surface area (Å²) in [4.78, 5) is 11.9. The first-order chi connectivity index (χ1) is 8.79. The highest BCUT2D eigenvalue weighted by Crippen LogP contribution is 2.19. The van der Waals surface area contributed by atoms with Gasteiger partial charge in [-0.05, 0) is 55.0 Å². The lowest BCUT2D eigenvalue weighted by atomic mass is 9.96. The Morgan fingerprint density at radius 1 is 1.22 bits per heavy atom. The molecule has 1 aromatic carbocycles. The number of allylic oxidation sites excluding steroid dienone is 3. The summed E-state index contributed by atoms with van der Waals surface area (Å²) in [5.41, 5.74) is 1.98. The van der Waals surface area contributed by atoms with Crippen LogP contribution in [-0.2, 0) is 4.79 Å². The van der Waals surface area contributed by atoms with Crippen molar-refractivity contribution in [3.05, 3.63) is 47.6 Å². The van der Waals surface area contributed by atoms with Gasteiger partial charge in [-0.15, -0.1) is 0 Å². The molecular weight excluding hydrogens is 224 g/mol. The summed E-state index contributed by atoms with van der Waals surface area (Å²) in [6.45, 7) is 0. The second-order valence-electron chi connectivity index (χ2n) is 4.45. The molecule has 2 heteroatoms. The SMILES string of the molecule is COc1ccc(/C=C/C(=O)C2=CCCCC2)cc1. The number of carbonyl (C=O) groups is 1. The predicted octanol–water partition coefficient (Wildman–Crippen LogP) is 3.78. The largest absolute Gasteiger partial charge is 0.497 e.